The smallest absolute Gasteiger partial charge is 0.271 e. The Labute approximate surface area is 165 Å². The Kier molecular flexibility index (Phi) is 5.79. The fraction of sp³-hybridized carbons (Fsp3) is 0.0500. The molecule has 0 fully saturated rings. The summed E-state index contributed by atoms with van der Waals surface area (Å²) in [6.07, 6.45) is 1.32. The van der Waals surface area contributed by atoms with E-state index >= 15 is 0 Å². The molecule has 9 heteroatoms. The number of hydrazone groups is 1. The maximum Gasteiger partial charge on any atom is 0.271 e. The summed E-state index contributed by atoms with van der Waals surface area (Å²) in [5.74, 6) is 0.0974. The largest absolute Gasteiger partial charge is 0.455 e. The van der Waals surface area contributed by atoms with Gasteiger partial charge in [-0.15, -0.1) is 0 Å². The molecule has 3 aromatic rings. The van der Waals surface area contributed by atoms with Gasteiger partial charge in [-0.2, -0.15) is 5.10 Å². The van der Waals surface area contributed by atoms with Crippen molar-refractivity contribution >= 4 is 29.4 Å². The normalized spacial score (nSPS) is 10.7. The van der Waals surface area contributed by atoms with E-state index in [1.165, 1.54) is 31.3 Å². The van der Waals surface area contributed by atoms with Crippen molar-refractivity contribution in [1.82, 2.24) is 5.43 Å². The molecule has 0 unspecified atom stereocenters. The van der Waals surface area contributed by atoms with Gasteiger partial charge in [-0.25, -0.2) is 5.43 Å². The molecule has 2 N–H and O–H groups in total. The molecule has 9 nitrogen and oxygen atoms in total. The number of benzene rings is 2. The lowest BCUT2D eigenvalue weighted by Gasteiger charge is -2.04. The molecule has 0 aliphatic carbocycles. The Morgan fingerprint density at radius 2 is 1.90 bits per heavy atom. The van der Waals surface area contributed by atoms with Gasteiger partial charge in [-0.1, -0.05) is 18.2 Å². The summed E-state index contributed by atoms with van der Waals surface area (Å²) in [6.45, 7) is 1.38. The van der Waals surface area contributed by atoms with E-state index in [9.17, 15) is 19.7 Å². The highest BCUT2D eigenvalue weighted by atomic mass is 16.6. The molecular weight excluding hydrogens is 376 g/mol. The molecule has 0 aliphatic rings. The van der Waals surface area contributed by atoms with Crippen molar-refractivity contribution in [3.8, 4) is 11.3 Å². The van der Waals surface area contributed by atoms with Crippen LogP contribution in [-0.4, -0.2) is 23.0 Å². The van der Waals surface area contributed by atoms with Crippen LogP contribution in [0.15, 0.2) is 70.2 Å². The number of hydrogen-bond acceptors (Lipinski definition) is 6. The lowest BCUT2D eigenvalue weighted by atomic mass is 10.1. The number of furan rings is 1. The van der Waals surface area contributed by atoms with Crippen LogP contribution in [-0.2, 0) is 4.79 Å². The molecule has 1 heterocycles. The summed E-state index contributed by atoms with van der Waals surface area (Å²) in [5, 5.41) is 17.3. The van der Waals surface area contributed by atoms with Crippen molar-refractivity contribution in [2.24, 2.45) is 5.10 Å². The number of nitrogens with one attached hydrogen (secondary N) is 2. The predicted molar refractivity (Wildman–Crippen MR) is 107 cm³/mol. The molecule has 0 bridgehead atoms. The molecule has 2 amide bonds. The van der Waals surface area contributed by atoms with Gasteiger partial charge >= 0.3 is 0 Å². The lowest BCUT2D eigenvalue weighted by Crippen LogP contribution is -2.18. The van der Waals surface area contributed by atoms with E-state index in [0.717, 1.165) is 0 Å². The van der Waals surface area contributed by atoms with E-state index < -0.39 is 10.8 Å². The molecule has 0 atom stereocenters. The fourth-order valence-electron chi connectivity index (χ4n) is 2.51. The SMILES string of the molecule is CC(=O)Nc1cccc(C(=O)N/N=C\c2ccc(-c3cccc([N+](=O)[O-])c3)o2)c1. The molecule has 0 aliphatic heterocycles. The number of non-ortho nitro benzene ring substituents is 1. The number of carbonyl (C=O) groups is 2. The van der Waals surface area contributed by atoms with Crippen LogP contribution in [0.2, 0.25) is 0 Å². The van der Waals surface area contributed by atoms with Crippen LogP contribution in [0.4, 0.5) is 11.4 Å². The van der Waals surface area contributed by atoms with E-state index in [2.05, 4.69) is 15.8 Å². The number of carbonyl (C=O) groups excluding carboxylic acids is 2. The third-order valence-corrected chi connectivity index (χ3v) is 3.77. The van der Waals surface area contributed by atoms with Crippen LogP contribution in [0.5, 0.6) is 0 Å². The first-order valence-corrected chi connectivity index (χ1v) is 8.48. The molecule has 0 radical (unpaired) electrons. The standard InChI is InChI=1S/C20H16N4O5/c1-13(25)22-16-6-2-5-15(10-16)20(26)23-21-12-18-8-9-19(29-18)14-4-3-7-17(11-14)24(27)28/h2-12H,1H3,(H,22,25)(H,23,26)/b21-12-. The number of amides is 2. The Morgan fingerprint density at radius 3 is 2.66 bits per heavy atom. The average molecular weight is 392 g/mol. The molecule has 3 rings (SSSR count). The third kappa shape index (κ3) is 5.13. The molecule has 29 heavy (non-hydrogen) atoms. The number of nitro groups is 1. The van der Waals surface area contributed by atoms with E-state index in [0.29, 0.717) is 28.3 Å². The van der Waals surface area contributed by atoms with Gasteiger partial charge in [0.1, 0.15) is 11.5 Å². The minimum atomic E-state index is -0.481. The minimum Gasteiger partial charge on any atom is -0.455 e. The predicted octanol–water partition coefficient (Wildman–Crippen LogP) is 3.58. The zero-order valence-electron chi connectivity index (χ0n) is 15.3. The molecule has 146 valence electrons. The summed E-state index contributed by atoms with van der Waals surface area (Å²) in [7, 11) is 0. The highest BCUT2D eigenvalue weighted by molar-refractivity contribution is 5.97. The molecule has 0 saturated carbocycles. The van der Waals surface area contributed by atoms with Crippen molar-refractivity contribution in [3.05, 3.63) is 82.1 Å². The zero-order chi connectivity index (χ0) is 20.8. The van der Waals surface area contributed by atoms with Crippen LogP contribution in [0.1, 0.15) is 23.0 Å². The highest BCUT2D eigenvalue weighted by Crippen LogP contribution is 2.25. The third-order valence-electron chi connectivity index (χ3n) is 3.77. The summed E-state index contributed by atoms with van der Waals surface area (Å²) < 4.78 is 5.58. The van der Waals surface area contributed by atoms with Gasteiger partial charge < -0.3 is 9.73 Å². The van der Waals surface area contributed by atoms with Gasteiger partial charge in [0.15, 0.2) is 0 Å². The zero-order valence-corrected chi connectivity index (χ0v) is 15.3. The first-order chi connectivity index (χ1) is 13.9. The number of anilines is 1. The Balaban J connectivity index is 1.66. The maximum atomic E-state index is 12.2. The van der Waals surface area contributed by atoms with Crippen molar-refractivity contribution in [1.29, 1.82) is 0 Å². The van der Waals surface area contributed by atoms with E-state index in [1.54, 1.807) is 42.5 Å². The monoisotopic (exact) mass is 392 g/mol. The number of nitrogens with zero attached hydrogens (tertiary/aromatic N) is 2. The topological polar surface area (TPSA) is 127 Å². The van der Waals surface area contributed by atoms with Crippen molar-refractivity contribution in [2.75, 3.05) is 5.32 Å². The molecular formula is C20H16N4O5. The van der Waals surface area contributed by atoms with Gasteiger partial charge in [-0.3, -0.25) is 19.7 Å². The fourth-order valence-corrected chi connectivity index (χ4v) is 2.51. The Morgan fingerprint density at radius 1 is 1.10 bits per heavy atom. The highest BCUT2D eigenvalue weighted by Gasteiger charge is 2.10. The van der Waals surface area contributed by atoms with Crippen molar-refractivity contribution < 1.29 is 18.9 Å². The summed E-state index contributed by atoms with van der Waals surface area (Å²) in [4.78, 5) is 33.7. The van der Waals surface area contributed by atoms with Crippen LogP contribution >= 0.6 is 0 Å². The van der Waals surface area contributed by atoms with Crippen molar-refractivity contribution in [3.63, 3.8) is 0 Å². The average Bonchev–Trinajstić information content (AvgIpc) is 3.16. The minimum absolute atomic E-state index is 0.0390. The Bertz CT molecular complexity index is 1100. The quantitative estimate of drug-likeness (QED) is 0.377. The van der Waals surface area contributed by atoms with Crippen molar-refractivity contribution in [2.45, 2.75) is 6.92 Å². The summed E-state index contributed by atoms with van der Waals surface area (Å²) in [6, 6.07) is 15.8. The number of nitro benzene ring substituents is 1. The lowest BCUT2D eigenvalue weighted by molar-refractivity contribution is -0.384. The molecule has 0 spiro atoms. The summed E-state index contributed by atoms with van der Waals surface area (Å²) >= 11 is 0. The van der Waals surface area contributed by atoms with Crippen LogP contribution in [0.3, 0.4) is 0 Å². The van der Waals surface area contributed by atoms with Gasteiger partial charge in [-0.05, 0) is 30.3 Å². The van der Waals surface area contributed by atoms with Crippen LogP contribution in [0, 0.1) is 10.1 Å². The molecule has 2 aromatic carbocycles. The summed E-state index contributed by atoms with van der Waals surface area (Å²) in [5.41, 5.74) is 3.71. The van der Waals surface area contributed by atoms with E-state index in [1.807, 2.05) is 0 Å². The van der Waals surface area contributed by atoms with Crippen LogP contribution in [0.25, 0.3) is 11.3 Å². The first kappa shape index (κ1) is 19.5. The van der Waals surface area contributed by atoms with E-state index in [4.69, 9.17) is 4.42 Å². The van der Waals surface area contributed by atoms with Gasteiger partial charge in [0.25, 0.3) is 11.6 Å². The molecule has 1 aromatic heterocycles. The van der Waals surface area contributed by atoms with Gasteiger partial charge in [0.05, 0.1) is 11.1 Å². The Hall–Kier alpha value is -4.27. The van der Waals surface area contributed by atoms with Crippen LogP contribution < -0.4 is 10.7 Å². The van der Waals surface area contributed by atoms with Gasteiger partial charge in [0, 0.05) is 35.9 Å². The molecule has 0 saturated heterocycles. The first-order valence-electron chi connectivity index (χ1n) is 8.48. The van der Waals surface area contributed by atoms with E-state index in [-0.39, 0.29) is 11.6 Å². The second kappa shape index (κ2) is 8.61. The van der Waals surface area contributed by atoms with Gasteiger partial charge in [0.2, 0.25) is 5.91 Å². The number of rotatable bonds is 6. The second-order valence-electron chi connectivity index (χ2n) is 5.97. The number of hydrogen-bond donors (Lipinski definition) is 2. The maximum absolute atomic E-state index is 12.2. The second-order valence-corrected chi connectivity index (χ2v) is 5.97.